The lowest BCUT2D eigenvalue weighted by atomic mass is 9.86. The quantitative estimate of drug-likeness (QED) is 0.201. The summed E-state index contributed by atoms with van der Waals surface area (Å²) in [7, 11) is 0. The lowest BCUT2D eigenvalue weighted by Crippen LogP contribution is -1.91. The summed E-state index contributed by atoms with van der Waals surface area (Å²) in [5.41, 5.74) is 10.3. The first kappa shape index (κ1) is 24.6. The van der Waals surface area contributed by atoms with Crippen LogP contribution in [-0.2, 0) is 0 Å². The molecule has 9 rings (SSSR count). The number of rotatable bonds is 4. The monoisotopic (exact) mass is 559 g/mol. The Bertz CT molecular complexity index is 2420. The SMILES string of the molecule is c1cncc(-c2cc(-c3cccnc3)cc(-c3ccc4ccc5ccc(-c6cccc7ncccc67)c6ccc3c4c56)c2)c1. The number of benzene rings is 6. The fourth-order valence-corrected chi connectivity index (χ4v) is 6.81. The van der Waals surface area contributed by atoms with E-state index < -0.39 is 0 Å². The van der Waals surface area contributed by atoms with Crippen molar-refractivity contribution in [1.82, 2.24) is 15.0 Å². The standard InChI is InChI=1S/C41H25N3/c1-7-34(36-8-4-20-44-39(36)9-1)35-15-13-27-11-10-26-12-14-33(37-16-17-38(35)41(27)40(26)37)32-22-30(28-5-2-18-42-24-28)21-31(23-32)29-6-3-19-43-25-29/h1-25H. The Kier molecular flexibility index (Phi) is 5.50. The number of pyridine rings is 3. The lowest BCUT2D eigenvalue weighted by Gasteiger charge is -2.18. The van der Waals surface area contributed by atoms with Crippen LogP contribution in [0.15, 0.2) is 152 Å². The van der Waals surface area contributed by atoms with Crippen LogP contribution in [0.5, 0.6) is 0 Å². The molecule has 0 amide bonds. The van der Waals surface area contributed by atoms with Gasteiger partial charge in [-0.15, -0.1) is 0 Å². The van der Waals surface area contributed by atoms with Gasteiger partial charge in [-0.3, -0.25) is 15.0 Å². The third-order valence-electron chi connectivity index (χ3n) is 8.83. The molecule has 0 saturated carbocycles. The Labute approximate surface area is 254 Å². The summed E-state index contributed by atoms with van der Waals surface area (Å²) in [5.74, 6) is 0. The van der Waals surface area contributed by atoms with Crippen molar-refractivity contribution in [3.8, 4) is 44.5 Å². The summed E-state index contributed by atoms with van der Waals surface area (Å²) in [6.07, 6.45) is 9.36. The molecule has 3 heteroatoms. The van der Waals surface area contributed by atoms with Gasteiger partial charge in [0.25, 0.3) is 0 Å². The summed E-state index contributed by atoms with van der Waals surface area (Å²) in [4.78, 5) is 13.4. The second kappa shape index (κ2) is 9.82. The molecule has 0 spiro atoms. The van der Waals surface area contributed by atoms with Crippen LogP contribution in [-0.4, -0.2) is 15.0 Å². The molecule has 0 aliphatic rings. The fraction of sp³-hybridized carbons (Fsp3) is 0. The average Bonchev–Trinajstić information content (AvgIpc) is 3.11. The number of fused-ring (bicyclic) bond motifs is 1. The molecule has 0 bridgehead atoms. The Balaban J connectivity index is 1.32. The summed E-state index contributed by atoms with van der Waals surface area (Å²) >= 11 is 0. The molecule has 0 unspecified atom stereocenters. The Morgan fingerprint density at radius 3 is 1.59 bits per heavy atom. The normalized spacial score (nSPS) is 11.6. The van der Waals surface area contributed by atoms with Crippen molar-refractivity contribution >= 4 is 43.2 Å². The van der Waals surface area contributed by atoms with Crippen LogP contribution in [0, 0.1) is 0 Å². The van der Waals surface area contributed by atoms with Crippen LogP contribution in [0.3, 0.4) is 0 Å². The average molecular weight is 560 g/mol. The number of hydrogen-bond acceptors (Lipinski definition) is 3. The zero-order chi connectivity index (χ0) is 29.0. The zero-order valence-corrected chi connectivity index (χ0v) is 23.8. The van der Waals surface area contributed by atoms with Gasteiger partial charge in [-0.2, -0.15) is 0 Å². The highest BCUT2D eigenvalue weighted by Crippen LogP contribution is 2.44. The zero-order valence-electron chi connectivity index (χ0n) is 23.8. The molecule has 0 radical (unpaired) electrons. The van der Waals surface area contributed by atoms with Gasteiger partial charge in [0, 0.05) is 47.5 Å². The summed E-state index contributed by atoms with van der Waals surface area (Å²) in [6.45, 7) is 0. The minimum absolute atomic E-state index is 1.01. The number of hydrogen-bond donors (Lipinski definition) is 0. The summed E-state index contributed by atoms with van der Waals surface area (Å²) in [5, 5.41) is 8.77. The van der Waals surface area contributed by atoms with E-state index in [1.807, 2.05) is 49.2 Å². The molecule has 0 atom stereocenters. The van der Waals surface area contributed by atoms with Crippen LogP contribution in [0.25, 0.3) is 87.7 Å². The van der Waals surface area contributed by atoms with Crippen LogP contribution in [0.1, 0.15) is 0 Å². The van der Waals surface area contributed by atoms with Gasteiger partial charge in [-0.05, 0) is 108 Å². The van der Waals surface area contributed by atoms with Gasteiger partial charge in [-0.1, -0.05) is 78.9 Å². The topological polar surface area (TPSA) is 38.7 Å². The van der Waals surface area contributed by atoms with E-state index in [1.165, 1.54) is 60.0 Å². The van der Waals surface area contributed by atoms with Crippen LogP contribution >= 0.6 is 0 Å². The van der Waals surface area contributed by atoms with E-state index in [9.17, 15) is 0 Å². The van der Waals surface area contributed by atoms with E-state index in [-0.39, 0.29) is 0 Å². The van der Waals surface area contributed by atoms with Gasteiger partial charge in [0.1, 0.15) is 0 Å². The van der Waals surface area contributed by atoms with Gasteiger partial charge in [0.2, 0.25) is 0 Å². The molecule has 0 aliphatic heterocycles. The van der Waals surface area contributed by atoms with Crippen molar-refractivity contribution in [3.63, 3.8) is 0 Å². The molecular formula is C41H25N3. The van der Waals surface area contributed by atoms with Gasteiger partial charge in [0.15, 0.2) is 0 Å². The van der Waals surface area contributed by atoms with E-state index in [0.717, 1.165) is 27.8 Å². The van der Waals surface area contributed by atoms with Crippen molar-refractivity contribution in [2.45, 2.75) is 0 Å². The van der Waals surface area contributed by atoms with Gasteiger partial charge in [0.05, 0.1) is 5.52 Å². The molecule has 0 saturated heterocycles. The maximum Gasteiger partial charge on any atom is 0.0708 e. The summed E-state index contributed by atoms with van der Waals surface area (Å²) < 4.78 is 0. The van der Waals surface area contributed by atoms with E-state index in [4.69, 9.17) is 0 Å². The Hall–Kier alpha value is -5.93. The number of aromatic nitrogens is 3. The molecule has 9 aromatic rings. The van der Waals surface area contributed by atoms with Crippen molar-refractivity contribution in [2.75, 3.05) is 0 Å². The smallest absolute Gasteiger partial charge is 0.0708 e. The molecular weight excluding hydrogens is 534 g/mol. The third-order valence-corrected chi connectivity index (χ3v) is 8.83. The van der Waals surface area contributed by atoms with Gasteiger partial charge in [-0.25, -0.2) is 0 Å². The number of nitrogens with zero attached hydrogens (tertiary/aromatic N) is 3. The second-order valence-electron chi connectivity index (χ2n) is 11.3. The predicted octanol–water partition coefficient (Wildman–Crippen LogP) is 10.6. The van der Waals surface area contributed by atoms with E-state index in [1.54, 1.807) is 0 Å². The molecule has 6 aromatic carbocycles. The maximum absolute atomic E-state index is 4.62. The molecule has 204 valence electrons. The van der Waals surface area contributed by atoms with Crippen molar-refractivity contribution in [1.29, 1.82) is 0 Å². The highest BCUT2D eigenvalue weighted by Gasteiger charge is 2.17. The molecule has 0 N–H and O–H groups in total. The molecule has 0 aliphatic carbocycles. The first-order valence-electron chi connectivity index (χ1n) is 14.8. The lowest BCUT2D eigenvalue weighted by molar-refractivity contribution is 1.32. The van der Waals surface area contributed by atoms with Crippen molar-refractivity contribution < 1.29 is 0 Å². The van der Waals surface area contributed by atoms with Gasteiger partial charge >= 0.3 is 0 Å². The van der Waals surface area contributed by atoms with Crippen LogP contribution in [0.2, 0.25) is 0 Å². The summed E-state index contributed by atoms with van der Waals surface area (Å²) in [6, 6.07) is 43.8. The molecule has 44 heavy (non-hydrogen) atoms. The minimum Gasteiger partial charge on any atom is -0.264 e. The van der Waals surface area contributed by atoms with E-state index >= 15 is 0 Å². The Morgan fingerprint density at radius 2 is 0.932 bits per heavy atom. The first-order valence-corrected chi connectivity index (χ1v) is 14.8. The highest BCUT2D eigenvalue weighted by molar-refractivity contribution is 6.28. The van der Waals surface area contributed by atoms with Crippen LogP contribution in [0.4, 0.5) is 0 Å². The maximum atomic E-state index is 4.62. The molecule has 3 heterocycles. The van der Waals surface area contributed by atoms with Crippen molar-refractivity contribution in [3.05, 3.63) is 152 Å². The minimum atomic E-state index is 1.01. The predicted molar refractivity (Wildman–Crippen MR) is 183 cm³/mol. The molecule has 3 aromatic heterocycles. The van der Waals surface area contributed by atoms with Crippen LogP contribution < -0.4 is 0 Å². The third kappa shape index (κ3) is 3.87. The fourth-order valence-electron chi connectivity index (χ4n) is 6.81. The van der Waals surface area contributed by atoms with Gasteiger partial charge < -0.3 is 0 Å². The molecule has 0 fully saturated rings. The second-order valence-corrected chi connectivity index (χ2v) is 11.3. The van der Waals surface area contributed by atoms with E-state index in [0.29, 0.717) is 0 Å². The highest BCUT2D eigenvalue weighted by atomic mass is 14.6. The molecule has 3 nitrogen and oxygen atoms in total. The largest absolute Gasteiger partial charge is 0.264 e. The first-order chi connectivity index (χ1) is 21.8. The Morgan fingerprint density at radius 1 is 0.364 bits per heavy atom. The van der Waals surface area contributed by atoms with Crippen molar-refractivity contribution in [2.24, 2.45) is 0 Å². The van der Waals surface area contributed by atoms with E-state index in [2.05, 4.69) is 118 Å².